The van der Waals surface area contributed by atoms with Crippen LogP contribution in [-0.4, -0.2) is 21.7 Å². The minimum absolute atomic E-state index is 0.240. The third kappa shape index (κ3) is 3.61. The lowest BCUT2D eigenvalue weighted by Gasteiger charge is -2.04. The molecule has 2 rings (SSSR count). The minimum atomic E-state index is -0.240. The topological polar surface area (TPSA) is 53.6 Å². The molecule has 0 spiro atoms. The fourth-order valence-electron chi connectivity index (χ4n) is 1.44. The number of aromatic nitrogens is 3. The fourth-order valence-corrected chi connectivity index (χ4v) is 1.87. The maximum absolute atomic E-state index is 13.0. The highest BCUT2D eigenvalue weighted by Gasteiger charge is 2.00. The van der Waals surface area contributed by atoms with Gasteiger partial charge in [0.1, 0.15) is 18.0 Å². The van der Waals surface area contributed by atoms with Crippen LogP contribution in [0.5, 0.6) is 0 Å². The van der Waals surface area contributed by atoms with Gasteiger partial charge in [0.15, 0.2) is 0 Å². The molecule has 0 bridgehead atoms. The highest BCUT2D eigenvalue weighted by Crippen LogP contribution is 2.16. The van der Waals surface area contributed by atoms with Gasteiger partial charge in [-0.15, -0.1) is 0 Å². The highest BCUT2D eigenvalue weighted by atomic mass is 79.9. The van der Waals surface area contributed by atoms with Crippen LogP contribution in [0.25, 0.3) is 0 Å². The first-order chi connectivity index (χ1) is 8.25. The zero-order valence-electron chi connectivity index (χ0n) is 9.08. The SMILES string of the molecule is Fc1ccc(CNCCc2ncn[nH]2)cc1Br. The first-order valence-corrected chi connectivity index (χ1v) is 6.04. The van der Waals surface area contributed by atoms with E-state index >= 15 is 0 Å². The summed E-state index contributed by atoms with van der Waals surface area (Å²) >= 11 is 3.16. The molecule has 0 saturated heterocycles. The van der Waals surface area contributed by atoms with E-state index in [0.717, 1.165) is 24.4 Å². The number of hydrogen-bond donors (Lipinski definition) is 2. The van der Waals surface area contributed by atoms with E-state index in [0.29, 0.717) is 11.0 Å². The van der Waals surface area contributed by atoms with Crippen molar-refractivity contribution in [1.82, 2.24) is 20.5 Å². The van der Waals surface area contributed by atoms with Gasteiger partial charge in [-0.25, -0.2) is 9.37 Å². The van der Waals surface area contributed by atoms with Gasteiger partial charge >= 0.3 is 0 Å². The second kappa shape index (κ2) is 5.88. The van der Waals surface area contributed by atoms with E-state index < -0.39 is 0 Å². The van der Waals surface area contributed by atoms with Crippen molar-refractivity contribution in [2.45, 2.75) is 13.0 Å². The lowest BCUT2D eigenvalue weighted by atomic mass is 10.2. The molecule has 2 N–H and O–H groups in total. The molecule has 2 aromatic rings. The van der Waals surface area contributed by atoms with Crippen LogP contribution in [0.15, 0.2) is 29.0 Å². The molecule has 1 aromatic heterocycles. The molecule has 6 heteroatoms. The van der Waals surface area contributed by atoms with Crippen LogP contribution in [0, 0.1) is 5.82 Å². The number of rotatable bonds is 5. The fraction of sp³-hybridized carbons (Fsp3) is 0.273. The average molecular weight is 299 g/mol. The molecular formula is C11H12BrFN4. The molecule has 0 aliphatic carbocycles. The Morgan fingerprint density at radius 3 is 3.00 bits per heavy atom. The van der Waals surface area contributed by atoms with Crippen LogP contribution in [0.1, 0.15) is 11.4 Å². The Bertz CT molecular complexity index is 472. The van der Waals surface area contributed by atoms with Gasteiger partial charge in [0, 0.05) is 19.5 Å². The Morgan fingerprint density at radius 2 is 2.29 bits per heavy atom. The maximum Gasteiger partial charge on any atom is 0.137 e. The number of halogens is 2. The van der Waals surface area contributed by atoms with Crippen LogP contribution < -0.4 is 5.32 Å². The lowest BCUT2D eigenvalue weighted by molar-refractivity contribution is 0.617. The third-order valence-corrected chi connectivity index (χ3v) is 2.92. The van der Waals surface area contributed by atoms with Crippen LogP contribution in [0.2, 0.25) is 0 Å². The smallest absolute Gasteiger partial charge is 0.137 e. The minimum Gasteiger partial charge on any atom is -0.312 e. The molecule has 0 amide bonds. The van der Waals surface area contributed by atoms with Gasteiger partial charge < -0.3 is 5.32 Å². The van der Waals surface area contributed by atoms with Crippen LogP contribution in [-0.2, 0) is 13.0 Å². The molecule has 4 nitrogen and oxygen atoms in total. The number of nitrogens with zero attached hydrogens (tertiary/aromatic N) is 2. The van der Waals surface area contributed by atoms with Gasteiger partial charge in [-0.2, -0.15) is 5.10 Å². The molecule has 90 valence electrons. The molecule has 0 aliphatic heterocycles. The normalized spacial score (nSPS) is 10.7. The van der Waals surface area contributed by atoms with Gasteiger partial charge in [-0.3, -0.25) is 5.10 Å². The Kier molecular flexibility index (Phi) is 4.22. The summed E-state index contributed by atoms with van der Waals surface area (Å²) in [6, 6.07) is 5.00. The summed E-state index contributed by atoms with van der Waals surface area (Å²) in [5.41, 5.74) is 1.04. The quantitative estimate of drug-likeness (QED) is 0.831. The third-order valence-electron chi connectivity index (χ3n) is 2.32. The summed E-state index contributed by atoms with van der Waals surface area (Å²) in [6.07, 6.45) is 2.29. The van der Waals surface area contributed by atoms with Gasteiger partial charge in [-0.1, -0.05) is 6.07 Å². The van der Waals surface area contributed by atoms with E-state index in [2.05, 4.69) is 36.4 Å². The van der Waals surface area contributed by atoms with Crippen molar-refractivity contribution in [2.75, 3.05) is 6.54 Å². The van der Waals surface area contributed by atoms with E-state index in [-0.39, 0.29) is 5.82 Å². The standard InChI is InChI=1S/C11H12BrFN4/c12-9-5-8(1-2-10(9)13)6-14-4-3-11-15-7-16-17-11/h1-2,5,7,14H,3-4,6H2,(H,15,16,17). The summed E-state index contributed by atoms with van der Waals surface area (Å²) in [7, 11) is 0. The van der Waals surface area contributed by atoms with Crippen molar-refractivity contribution < 1.29 is 4.39 Å². The number of H-pyrrole nitrogens is 1. The lowest BCUT2D eigenvalue weighted by Crippen LogP contribution is -2.17. The zero-order valence-corrected chi connectivity index (χ0v) is 10.7. The molecule has 0 atom stereocenters. The second-order valence-electron chi connectivity index (χ2n) is 3.61. The molecule has 0 aliphatic rings. The van der Waals surface area contributed by atoms with E-state index in [1.165, 1.54) is 12.4 Å². The summed E-state index contributed by atoms with van der Waals surface area (Å²) in [5.74, 6) is 0.619. The van der Waals surface area contributed by atoms with E-state index in [1.807, 2.05) is 0 Å². The van der Waals surface area contributed by atoms with E-state index in [1.54, 1.807) is 12.1 Å². The van der Waals surface area contributed by atoms with Gasteiger partial charge in [0.25, 0.3) is 0 Å². The number of nitrogens with one attached hydrogen (secondary N) is 2. The number of aromatic amines is 1. The zero-order chi connectivity index (χ0) is 12.1. The largest absolute Gasteiger partial charge is 0.312 e. The molecule has 0 fully saturated rings. The maximum atomic E-state index is 13.0. The molecule has 17 heavy (non-hydrogen) atoms. The molecule has 0 radical (unpaired) electrons. The Hall–Kier alpha value is -1.27. The molecule has 0 saturated carbocycles. The predicted molar refractivity (Wildman–Crippen MR) is 65.9 cm³/mol. The molecule has 0 unspecified atom stereocenters. The van der Waals surface area contributed by atoms with Gasteiger partial charge in [0.2, 0.25) is 0 Å². The monoisotopic (exact) mass is 298 g/mol. The summed E-state index contributed by atoms with van der Waals surface area (Å²) in [6.45, 7) is 1.50. The van der Waals surface area contributed by atoms with Crippen LogP contribution in [0.4, 0.5) is 4.39 Å². The Morgan fingerprint density at radius 1 is 1.41 bits per heavy atom. The first kappa shape index (κ1) is 12.2. The Labute approximate surface area is 107 Å². The number of benzene rings is 1. The van der Waals surface area contributed by atoms with E-state index in [4.69, 9.17) is 0 Å². The van der Waals surface area contributed by atoms with Crippen molar-refractivity contribution in [3.05, 3.63) is 46.2 Å². The van der Waals surface area contributed by atoms with Crippen LogP contribution in [0.3, 0.4) is 0 Å². The van der Waals surface area contributed by atoms with Crippen molar-refractivity contribution in [3.8, 4) is 0 Å². The van der Waals surface area contributed by atoms with Crippen molar-refractivity contribution >= 4 is 15.9 Å². The van der Waals surface area contributed by atoms with Gasteiger partial charge in [0.05, 0.1) is 4.47 Å². The molecule has 1 aromatic carbocycles. The summed E-state index contributed by atoms with van der Waals surface area (Å²) in [4.78, 5) is 4.02. The van der Waals surface area contributed by atoms with Crippen LogP contribution >= 0.6 is 15.9 Å². The second-order valence-corrected chi connectivity index (χ2v) is 4.46. The Balaban J connectivity index is 1.76. The highest BCUT2D eigenvalue weighted by molar-refractivity contribution is 9.10. The van der Waals surface area contributed by atoms with E-state index in [9.17, 15) is 4.39 Å². The molecular weight excluding hydrogens is 287 g/mol. The van der Waals surface area contributed by atoms with Gasteiger partial charge in [-0.05, 0) is 33.6 Å². The summed E-state index contributed by atoms with van der Waals surface area (Å²) < 4.78 is 13.5. The average Bonchev–Trinajstić information content (AvgIpc) is 2.82. The number of hydrogen-bond acceptors (Lipinski definition) is 3. The van der Waals surface area contributed by atoms with Crippen molar-refractivity contribution in [1.29, 1.82) is 0 Å². The van der Waals surface area contributed by atoms with Crippen molar-refractivity contribution in [2.24, 2.45) is 0 Å². The first-order valence-electron chi connectivity index (χ1n) is 5.24. The summed E-state index contributed by atoms with van der Waals surface area (Å²) in [5, 5.41) is 9.82. The van der Waals surface area contributed by atoms with Crippen molar-refractivity contribution in [3.63, 3.8) is 0 Å². The predicted octanol–water partition coefficient (Wildman–Crippen LogP) is 2.04. The molecule has 1 heterocycles.